The Hall–Kier alpha value is -0.160. The quantitative estimate of drug-likeness (QED) is 0.876. The first-order valence-corrected chi connectivity index (χ1v) is 7.93. The first-order valence-electron chi connectivity index (χ1n) is 7.14. The molecule has 1 aromatic carbocycles. The summed E-state index contributed by atoms with van der Waals surface area (Å²) in [5, 5.41) is 3.37. The lowest BCUT2D eigenvalue weighted by Crippen LogP contribution is -2.45. The van der Waals surface area contributed by atoms with E-state index in [0.717, 1.165) is 48.6 Å². The van der Waals surface area contributed by atoms with Gasteiger partial charge in [0.2, 0.25) is 0 Å². The van der Waals surface area contributed by atoms with Crippen molar-refractivity contribution in [3.05, 3.63) is 34.1 Å². The van der Waals surface area contributed by atoms with Crippen molar-refractivity contribution in [3.8, 4) is 0 Å². The summed E-state index contributed by atoms with van der Waals surface area (Å²) in [5.41, 5.74) is 0.858. The fraction of sp³-hybridized carbons (Fsp3) is 0.600. The molecule has 2 aliphatic rings. The molecular formula is C15H21BrClFN2. The van der Waals surface area contributed by atoms with Crippen LogP contribution in [-0.4, -0.2) is 31.1 Å². The first-order chi connectivity index (χ1) is 9.25. The van der Waals surface area contributed by atoms with E-state index in [2.05, 4.69) is 26.1 Å². The SMILES string of the molecule is Cl.Fc1cccc(Br)c1[C@@H](CC1CC1)N1CCNCC1. The number of hydrogen-bond donors (Lipinski definition) is 1. The second-order valence-corrected chi connectivity index (χ2v) is 6.47. The Kier molecular flexibility index (Phi) is 5.84. The van der Waals surface area contributed by atoms with Gasteiger partial charge in [0.25, 0.3) is 0 Å². The second-order valence-electron chi connectivity index (χ2n) is 5.62. The third-order valence-corrected chi connectivity index (χ3v) is 4.87. The van der Waals surface area contributed by atoms with Gasteiger partial charge in [0.05, 0.1) is 0 Å². The summed E-state index contributed by atoms with van der Waals surface area (Å²) < 4.78 is 15.2. The minimum atomic E-state index is -0.0708. The highest BCUT2D eigenvalue weighted by Gasteiger charge is 2.32. The lowest BCUT2D eigenvalue weighted by molar-refractivity contribution is 0.157. The lowest BCUT2D eigenvalue weighted by Gasteiger charge is -2.36. The number of nitrogens with one attached hydrogen (secondary N) is 1. The summed E-state index contributed by atoms with van der Waals surface area (Å²) in [4.78, 5) is 2.44. The maximum atomic E-state index is 14.3. The number of halogens is 3. The van der Waals surface area contributed by atoms with Crippen LogP contribution in [-0.2, 0) is 0 Å². The zero-order chi connectivity index (χ0) is 13.2. The molecule has 0 aromatic heterocycles. The van der Waals surface area contributed by atoms with Crippen LogP contribution in [0.4, 0.5) is 4.39 Å². The van der Waals surface area contributed by atoms with E-state index in [0.29, 0.717) is 0 Å². The summed E-state index contributed by atoms with van der Waals surface area (Å²) in [7, 11) is 0. The Balaban J connectivity index is 0.00000147. The highest BCUT2D eigenvalue weighted by atomic mass is 79.9. The molecule has 0 bridgehead atoms. The van der Waals surface area contributed by atoms with Crippen molar-refractivity contribution in [3.63, 3.8) is 0 Å². The van der Waals surface area contributed by atoms with Gasteiger partial charge in [0, 0.05) is 42.3 Å². The molecule has 1 heterocycles. The summed E-state index contributed by atoms with van der Waals surface area (Å²) in [6, 6.07) is 5.54. The van der Waals surface area contributed by atoms with E-state index in [4.69, 9.17) is 0 Å². The molecule has 1 N–H and O–H groups in total. The zero-order valence-corrected chi connectivity index (χ0v) is 13.9. The van der Waals surface area contributed by atoms with Crippen LogP contribution in [0.15, 0.2) is 22.7 Å². The van der Waals surface area contributed by atoms with Gasteiger partial charge in [-0.15, -0.1) is 12.4 Å². The fourth-order valence-electron chi connectivity index (χ4n) is 2.94. The minimum Gasteiger partial charge on any atom is -0.314 e. The van der Waals surface area contributed by atoms with Gasteiger partial charge in [-0.2, -0.15) is 0 Å². The Morgan fingerprint density at radius 1 is 1.30 bits per heavy atom. The molecule has 1 aliphatic carbocycles. The van der Waals surface area contributed by atoms with Gasteiger partial charge >= 0.3 is 0 Å². The third kappa shape index (κ3) is 3.73. The summed E-state index contributed by atoms with van der Waals surface area (Å²) in [5.74, 6) is 0.727. The molecule has 1 saturated heterocycles. The molecule has 0 unspecified atom stereocenters. The maximum absolute atomic E-state index is 14.3. The molecular weight excluding hydrogens is 343 g/mol. The molecule has 112 valence electrons. The maximum Gasteiger partial charge on any atom is 0.129 e. The predicted molar refractivity (Wildman–Crippen MR) is 85.9 cm³/mol. The molecule has 0 amide bonds. The standard InChI is InChI=1S/C15H20BrFN2.ClH/c16-12-2-1-3-13(17)15(12)14(10-11-4-5-11)19-8-6-18-7-9-19;/h1-3,11,14,18H,4-10H2;1H/t14-;/m1./s1. The van der Waals surface area contributed by atoms with E-state index in [9.17, 15) is 4.39 Å². The van der Waals surface area contributed by atoms with Crippen LogP contribution in [0.2, 0.25) is 0 Å². The van der Waals surface area contributed by atoms with Crippen LogP contribution in [0.5, 0.6) is 0 Å². The highest BCUT2D eigenvalue weighted by molar-refractivity contribution is 9.10. The number of rotatable bonds is 4. The van der Waals surface area contributed by atoms with Crippen LogP contribution in [0.3, 0.4) is 0 Å². The zero-order valence-electron chi connectivity index (χ0n) is 11.4. The average molecular weight is 364 g/mol. The van der Waals surface area contributed by atoms with Crippen LogP contribution < -0.4 is 5.32 Å². The molecule has 5 heteroatoms. The van der Waals surface area contributed by atoms with Crippen molar-refractivity contribution < 1.29 is 4.39 Å². The number of piperazine rings is 1. The van der Waals surface area contributed by atoms with E-state index >= 15 is 0 Å². The number of benzene rings is 1. The molecule has 1 aliphatic heterocycles. The molecule has 1 atom stereocenters. The summed E-state index contributed by atoms with van der Waals surface area (Å²) >= 11 is 3.54. The van der Waals surface area contributed by atoms with Crippen molar-refractivity contribution in [1.29, 1.82) is 0 Å². The van der Waals surface area contributed by atoms with Gasteiger partial charge in [0.1, 0.15) is 5.82 Å². The summed E-state index contributed by atoms with van der Waals surface area (Å²) in [6.45, 7) is 4.04. The summed E-state index contributed by atoms with van der Waals surface area (Å²) in [6.07, 6.45) is 3.73. The van der Waals surface area contributed by atoms with Crippen molar-refractivity contribution in [2.45, 2.75) is 25.3 Å². The molecule has 20 heavy (non-hydrogen) atoms. The van der Waals surface area contributed by atoms with Gasteiger partial charge in [-0.05, 0) is 24.5 Å². The topological polar surface area (TPSA) is 15.3 Å². The Morgan fingerprint density at radius 3 is 2.60 bits per heavy atom. The average Bonchev–Trinajstić information content (AvgIpc) is 3.22. The Bertz CT molecular complexity index is 427. The van der Waals surface area contributed by atoms with Gasteiger partial charge < -0.3 is 5.32 Å². The Morgan fingerprint density at radius 2 is 2.00 bits per heavy atom. The van der Waals surface area contributed by atoms with Crippen LogP contribution in [0, 0.1) is 11.7 Å². The highest BCUT2D eigenvalue weighted by Crippen LogP contribution is 2.42. The van der Waals surface area contributed by atoms with E-state index in [1.807, 2.05) is 6.07 Å². The minimum absolute atomic E-state index is 0. The van der Waals surface area contributed by atoms with Crippen molar-refractivity contribution >= 4 is 28.3 Å². The molecule has 2 fully saturated rings. The van der Waals surface area contributed by atoms with Crippen molar-refractivity contribution in [1.82, 2.24) is 10.2 Å². The molecule has 3 rings (SSSR count). The first kappa shape index (κ1) is 16.2. The van der Waals surface area contributed by atoms with Crippen molar-refractivity contribution in [2.24, 2.45) is 5.92 Å². The van der Waals surface area contributed by atoms with Crippen molar-refractivity contribution in [2.75, 3.05) is 26.2 Å². The van der Waals surface area contributed by atoms with Crippen LogP contribution >= 0.6 is 28.3 Å². The van der Waals surface area contributed by atoms with E-state index < -0.39 is 0 Å². The van der Waals surface area contributed by atoms with Gasteiger partial charge in [-0.25, -0.2) is 4.39 Å². The fourth-order valence-corrected chi connectivity index (χ4v) is 3.55. The van der Waals surface area contributed by atoms with Crippen LogP contribution in [0.1, 0.15) is 30.9 Å². The molecule has 1 aromatic rings. The molecule has 0 radical (unpaired) electrons. The largest absolute Gasteiger partial charge is 0.314 e. The van der Waals surface area contributed by atoms with Gasteiger partial charge in [-0.1, -0.05) is 34.8 Å². The predicted octanol–water partition coefficient (Wildman–Crippen LogP) is 3.76. The molecule has 0 spiro atoms. The lowest BCUT2D eigenvalue weighted by atomic mass is 9.98. The van der Waals surface area contributed by atoms with E-state index in [1.54, 1.807) is 12.1 Å². The number of nitrogens with zero attached hydrogens (tertiary/aromatic N) is 1. The second kappa shape index (κ2) is 7.21. The Labute approximate surface area is 134 Å². The molecule has 1 saturated carbocycles. The van der Waals surface area contributed by atoms with E-state index in [-0.39, 0.29) is 24.3 Å². The smallest absolute Gasteiger partial charge is 0.129 e. The third-order valence-electron chi connectivity index (χ3n) is 4.18. The molecule has 2 nitrogen and oxygen atoms in total. The van der Waals surface area contributed by atoms with Gasteiger partial charge in [-0.3, -0.25) is 4.90 Å². The number of hydrogen-bond acceptors (Lipinski definition) is 2. The monoisotopic (exact) mass is 362 g/mol. The van der Waals surface area contributed by atoms with Crippen LogP contribution in [0.25, 0.3) is 0 Å². The van der Waals surface area contributed by atoms with E-state index in [1.165, 1.54) is 12.8 Å². The normalized spacial score (nSPS) is 21.3. The van der Waals surface area contributed by atoms with Gasteiger partial charge in [0.15, 0.2) is 0 Å².